The SMILES string of the molecule is Cc1ccc(S(=O)(=O)OCc2ccc(C(F)(F)F)s2)cc1. The van der Waals surface area contributed by atoms with E-state index in [1.165, 1.54) is 18.2 Å². The van der Waals surface area contributed by atoms with E-state index in [0.717, 1.165) is 11.6 Å². The predicted molar refractivity (Wildman–Crippen MR) is 72.5 cm³/mol. The number of alkyl halides is 3. The van der Waals surface area contributed by atoms with Crippen LogP contribution in [0.1, 0.15) is 15.3 Å². The number of hydrogen-bond acceptors (Lipinski definition) is 4. The monoisotopic (exact) mass is 336 g/mol. The molecule has 0 saturated heterocycles. The minimum absolute atomic E-state index is 0.0271. The van der Waals surface area contributed by atoms with Crippen molar-refractivity contribution in [3.63, 3.8) is 0 Å². The lowest BCUT2D eigenvalue weighted by atomic mass is 10.2. The zero-order chi connectivity index (χ0) is 15.7. The van der Waals surface area contributed by atoms with E-state index in [1.54, 1.807) is 12.1 Å². The summed E-state index contributed by atoms with van der Waals surface area (Å²) in [6.07, 6.45) is -4.43. The van der Waals surface area contributed by atoms with E-state index in [4.69, 9.17) is 4.18 Å². The molecule has 0 fully saturated rings. The molecule has 2 aromatic rings. The number of hydrogen-bond donors (Lipinski definition) is 0. The van der Waals surface area contributed by atoms with Crippen molar-refractivity contribution in [1.82, 2.24) is 0 Å². The van der Waals surface area contributed by atoms with Gasteiger partial charge in [-0.05, 0) is 31.2 Å². The summed E-state index contributed by atoms with van der Waals surface area (Å²) in [5.74, 6) is 0. The fourth-order valence-electron chi connectivity index (χ4n) is 1.52. The van der Waals surface area contributed by atoms with Crippen LogP contribution in [0.2, 0.25) is 0 Å². The molecule has 1 aromatic carbocycles. The Kier molecular flexibility index (Phi) is 4.40. The lowest BCUT2D eigenvalue weighted by Gasteiger charge is -2.05. The predicted octanol–water partition coefficient (Wildman–Crippen LogP) is 3.98. The Morgan fingerprint density at radius 3 is 2.24 bits per heavy atom. The minimum atomic E-state index is -4.43. The van der Waals surface area contributed by atoms with Crippen LogP contribution in [0.5, 0.6) is 0 Å². The number of halogens is 3. The molecule has 0 aliphatic rings. The molecule has 0 atom stereocenters. The first-order chi connectivity index (χ1) is 9.68. The minimum Gasteiger partial charge on any atom is -0.261 e. The lowest BCUT2D eigenvalue weighted by molar-refractivity contribution is -0.134. The summed E-state index contributed by atoms with van der Waals surface area (Å²) in [7, 11) is -3.98. The first kappa shape index (κ1) is 16.0. The molecule has 0 bridgehead atoms. The van der Waals surface area contributed by atoms with Gasteiger partial charge in [0.05, 0.1) is 4.90 Å². The smallest absolute Gasteiger partial charge is 0.261 e. The van der Waals surface area contributed by atoms with Gasteiger partial charge >= 0.3 is 6.18 Å². The van der Waals surface area contributed by atoms with Gasteiger partial charge in [0.15, 0.2) is 0 Å². The highest BCUT2D eigenvalue weighted by atomic mass is 32.2. The standard InChI is InChI=1S/C13H11F3O3S2/c1-9-2-5-11(6-3-9)21(17,18)19-8-10-4-7-12(20-10)13(14,15)16/h2-7H,8H2,1H3. The van der Waals surface area contributed by atoms with Crippen LogP contribution in [-0.4, -0.2) is 8.42 Å². The third-order valence-electron chi connectivity index (χ3n) is 2.61. The molecule has 2 rings (SSSR count). The van der Waals surface area contributed by atoms with Crippen LogP contribution < -0.4 is 0 Å². The van der Waals surface area contributed by atoms with E-state index in [9.17, 15) is 21.6 Å². The molecular weight excluding hydrogens is 325 g/mol. The van der Waals surface area contributed by atoms with Crippen molar-refractivity contribution in [1.29, 1.82) is 0 Å². The highest BCUT2D eigenvalue weighted by Gasteiger charge is 2.32. The molecule has 0 N–H and O–H groups in total. The molecule has 3 nitrogen and oxygen atoms in total. The summed E-state index contributed by atoms with van der Waals surface area (Å²) in [6, 6.07) is 8.12. The number of benzene rings is 1. The normalized spacial score (nSPS) is 12.6. The van der Waals surface area contributed by atoms with Gasteiger partial charge in [0.1, 0.15) is 11.5 Å². The Bertz CT molecular complexity index is 716. The van der Waals surface area contributed by atoms with Crippen LogP contribution in [0, 0.1) is 6.92 Å². The molecule has 1 aromatic heterocycles. The summed E-state index contributed by atoms with van der Waals surface area (Å²) < 4.78 is 65.8. The highest BCUT2D eigenvalue weighted by Crippen LogP contribution is 2.35. The zero-order valence-corrected chi connectivity index (χ0v) is 12.5. The molecule has 0 aliphatic carbocycles. The van der Waals surface area contributed by atoms with E-state index < -0.39 is 27.8 Å². The van der Waals surface area contributed by atoms with Crippen molar-refractivity contribution in [3.8, 4) is 0 Å². The topological polar surface area (TPSA) is 43.4 Å². The van der Waals surface area contributed by atoms with Crippen LogP contribution in [-0.2, 0) is 27.1 Å². The van der Waals surface area contributed by atoms with Gasteiger partial charge in [0, 0.05) is 4.88 Å². The second kappa shape index (κ2) is 5.78. The van der Waals surface area contributed by atoms with Gasteiger partial charge < -0.3 is 0 Å². The third-order valence-corrected chi connectivity index (χ3v) is 4.99. The quantitative estimate of drug-likeness (QED) is 0.793. The van der Waals surface area contributed by atoms with Gasteiger partial charge in [0.25, 0.3) is 10.1 Å². The van der Waals surface area contributed by atoms with Crippen molar-refractivity contribution in [2.24, 2.45) is 0 Å². The molecular formula is C13H11F3O3S2. The van der Waals surface area contributed by atoms with Gasteiger partial charge in [-0.2, -0.15) is 21.6 Å². The molecule has 0 radical (unpaired) electrons. The van der Waals surface area contributed by atoms with Crippen LogP contribution in [0.3, 0.4) is 0 Å². The van der Waals surface area contributed by atoms with E-state index in [-0.39, 0.29) is 9.77 Å². The largest absolute Gasteiger partial charge is 0.425 e. The first-order valence-electron chi connectivity index (χ1n) is 5.80. The maximum absolute atomic E-state index is 12.4. The maximum atomic E-state index is 12.4. The molecule has 1 heterocycles. The zero-order valence-electron chi connectivity index (χ0n) is 10.8. The van der Waals surface area contributed by atoms with Gasteiger partial charge in [-0.15, -0.1) is 11.3 Å². The summed E-state index contributed by atoms with van der Waals surface area (Å²) in [6.45, 7) is 1.39. The van der Waals surface area contributed by atoms with E-state index >= 15 is 0 Å². The molecule has 8 heteroatoms. The van der Waals surface area contributed by atoms with Crippen LogP contribution in [0.25, 0.3) is 0 Å². The molecule has 21 heavy (non-hydrogen) atoms. The average molecular weight is 336 g/mol. The van der Waals surface area contributed by atoms with Gasteiger partial charge in [-0.3, -0.25) is 4.18 Å². The van der Waals surface area contributed by atoms with Crippen LogP contribution >= 0.6 is 11.3 Å². The van der Waals surface area contributed by atoms with Crippen molar-refractivity contribution < 1.29 is 25.8 Å². The molecule has 114 valence electrons. The third kappa shape index (κ3) is 4.05. The second-order valence-electron chi connectivity index (χ2n) is 4.29. The van der Waals surface area contributed by atoms with Crippen molar-refractivity contribution >= 4 is 21.5 Å². The molecule has 0 saturated carbocycles. The Morgan fingerprint density at radius 2 is 1.71 bits per heavy atom. The first-order valence-corrected chi connectivity index (χ1v) is 8.03. The van der Waals surface area contributed by atoms with Crippen molar-refractivity contribution in [3.05, 3.63) is 51.7 Å². The highest BCUT2D eigenvalue weighted by molar-refractivity contribution is 7.86. The van der Waals surface area contributed by atoms with Crippen molar-refractivity contribution in [2.45, 2.75) is 24.6 Å². The fraction of sp³-hybridized carbons (Fsp3) is 0.231. The molecule has 0 unspecified atom stereocenters. The summed E-state index contributed by atoms with van der Waals surface area (Å²) in [4.78, 5) is -0.618. The van der Waals surface area contributed by atoms with Crippen molar-refractivity contribution in [2.75, 3.05) is 0 Å². The van der Waals surface area contributed by atoms with Crippen LogP contribution in [0.4, 0.5) is 13.2 Å². The summed E-state index contributed by atoms with van der Waals surface area (Å²) in [5, 5.41) is 0. The number of aryl methyl sites for hydroxylation is 1. The Morgan fingerprint density at radius 1 is 1.10 bits per heavy atom. The Balaban J connectivity index is 2.08. The molecule has 0 amide bonds. The second-order valence-corrected chi connectivity index (χ2v) is 7.08. The Labute approximate surface area is 124 Å². The van der Waals surface area contributed by atoms with Crippen LogP contribution in [0.15, 0.2) is 41.3 Å². The van der Waals surface area contributed by atoms with E-state index in [1.807, 2.05) is 6.92 Å². The lowest BCUT2D eigenvalue weighted by Crippen LogP contribution is -2.06. The molecule has 0 aliphatic heterocycles. The number of rotatable bonds is 4. The summed E-state index contributed by atoms with van der Waals surface area (Å²) in [5.41, 5.74) is 0.891. The fourth-order valence-corrected chi connectivity index (χ4v) is 3.27. The van der Waals surface area contributed by atoms with E-state index in [0.29, 0.717) is 11.3 Å². The molecule has 0 spiro atoms. The Hall–Kier alpha value is -1.38. The van der Waals surface area contributed by atoms with Gasteiger partial charge in [0.2, 0.25) is 0 Å². The average Bonchev–Trinajstić information content (AvgIpc) is 2.86. The number of thiophene rings is 1. The summed E-state index contributed by atoms with van der Waals surface area (Å²) >= 11 is 0.464. The maximum Gasteiger partial charge on any atom is 0.425 e. The van der Waals surface area contributed by atoms with Gasteiger partial charge in [-0.1, -0.05) is 17.7 Å². The van der Waals surface area contributed by atoms with Gasteiger partial charge in [-0.25, -0.2) is 0 Å². The van der Waals surface area contributed by atoms with E-state index in [2.05, 4.69) is 0 Å².